The Kier molecular flexibility index (Phi) is 6.50. The highest BCUT2D eigenvalue weighted by molar-refractivity contribution is 7.98. The lowest BCUT2D eigenvalue weighted by Crippen LogP contribution is -2.26. The van der Waals surface area contributed by atoms with Gasteiger partial charge in [-0.2, -0.15) is 11.8 Å². The van der Waals surface area contributed by atoms with Crippen LogP contribution >= 0.6 is 11.8 Å². The molecule has 3 nitrogen and oxygen atoms in total. The number of rotatable bonds is 7. The molecule has 0 fully saturated rings. The molecule has 0 saturated carbocycles. The van der Waals surface area contributed by atoms with Crippen LogP contribution < -0.4 is 10.2 Å². The van der Waals surface area contributed by atoms with Crippen molar-refractivity contribution >= 4 is 17.4 Å². The third kappa shape index (κ3) is 4.86. The van der Waals surface area contributed by atoms with E-state index < -0.39 is 0 Å². The van der Waals surface area contributed by atoms with Crippen LogP contribution in [0.15, 0.2) is 12.3 Å². The van der Waals surface area contributed by atoms with Crippen molar-refractivity contribution in [3.05, 3.63) is 23.5 Å². The van der Waals surface area contributed by atoms with Crippen molar-refractivity contribution in [2.75, 3.05) is 30.5 Å². The molecule has 1 aromatic heterocycles. The number of aryl methyl sites for hydroxylation is 1. The molecule has 0 unspecified atom stereocenters. The molecule has 18 heavy (non-hydrogen) atoms. The van der Waals surface area contributed by atoms with Gasteiger partial charge >= 0.3 is 0 Å². The molecular formula is C14H25N3S. The summed E-state index contributed by atoms with van der Waals surface area (Å²) in [6.07, 6.45) is 4.14. The van der Waals surface area contributed by atoms with Crippen LogP contribution in [0.5, 0.6) is 0 Å². The van der Waals surface area contributed by atoms with Crippen LogP contribution in [0.25, 0.3) is 0 Å². The van der Waals surface area contributed by atoms with Gasteiger partial charge in [-0.15, -0.1) is 0 Å². The monoisotopic (exact) mass is 267 g/mol. The van der Waals surface area contributed by atoms with Gasteiger partial charge in [0.25, 0.3) is 0 Å². The molecule has 4 heteroatoms. The fourth-order valence-corrected chi connectivity index (χ4v) is 2.18. The lowest BCUT2D eigenvalue weighted by molar-refractivity contribution is 0.587. The van der Waals surface area contributed by atoms with Gasteiger partial charge in [-0.3, -0.25) is 4.98 Å². The number of thioether (sulfide) groups is 1. The van der Waals surface area contributed by atoms with Gasteiger partial charge in [0, 0.05) is 55.1 Å². The van der Waals surface area contributed by atoms with E-state index in [-0.39, 0.29) is 0 Å². The Labute approximate surface area is 115 Å². The molecular weight excluding hydrogens is 242 g/mol. The Morgan fingerprint density at radius 3 is 2.78 bits per heavy atom. The van der Waals surface area contributed by atoms with Gasteiger partial charge in [-0.05, 0) is 19.2 Å². The maximum Gasteiger partial charge on any atom is 0.0443 e. The Balaban J connectivity index is 2.81. The minimum Gasteiger partial charge on any atom is -0.373 e. The summed E-state index contributed by atoms with van der Waals surface area (Å²) in [6, 6.07) is 2.67. The Bertz CT molecular complexity index is 366. The molecule has 1 rings (SSSR count). The smallest absolute Gasteiger partial charge is 0.0443 e. The lowest BCUT2D eigenvalue weighted by Gasteiger charge is -2.23. The number of hydrogen-bond acceptors (Lipinski definition) is 4. The normalized spacial score (nSPS) is 11.0. The fourth-order valence-electron chi connectivity index (χ4n) is 1.73. The molecule has 0 atom stereocenters. The summed E-state index contributed by atoms with van der Waals surface area (Å²) >= 11 is 1.88. The number of anilines is 1. The minimum atomic E-state index is 0.496. The highest BCUT2D eigenvalue weighted by Gasteiger charge is 2.08. The quantitative estimate of drug-likeness (QED) is 0.822. The molecule has 0 aromatic carbocycles. The van der Waals surface area contributed by atoms with Crippen molar-refractivity contribution in [1.29, 1.82) is 0 Å². The maximum atomic E-state index is 4.41. The second-order valence-corrected chi connectivity index (χ2v) is 5.89. The minimum absolute atomic E-state index is 0.496. The number of nitrogens with one attached hydrogen (secondary N) is 1. The summed E-state index contributed by atoms with van der Waals surface area (Å²) in [5.74, 6) is 1.15. The molecule has 1 N–H and O–H groups in total. The topological polar surface area (TPSA) is 28.2 Å². The standard InChI is InChI=1S/C14H25N3S/c1-11(2)15-9-13-10-16-12(3)8-14(13)17(4)6-7-18-5/h8,10-11,15H,6-7,9H2,1-5H3. The van der Waals surface area contributed by atoms with E-state index in [9.17, 15) is 0 Å². The molecule has 0 radical (unpaired) electrons. The van der Waals surface area contributed by atoms with Crippen LogP contribution in [0, 0.1) is 6.92 Å². The summed E-state index contributed by atoms with van der Waals surface area (Å²) in [7, 11) is 2.16. The highest BCUT2D eigenvalue weighted by atomic mass is 32.2. The van der Waals surface area contributed by atoms with Crippen molar-refractivity contribution < 1.29 is 0 Å². The summed E-state index contributed by atoms with van der Waals surface area (Å²) < 4.78 is 0. The van der Waals surface area contributed by atoms with Crippen molar-refractivity contribution in [3.8, 4) is 0 Å². The van der Waals surface area contributed by atoms with Crippen LogP contribution in [0.1, 0.15) is 25.1 Å². The first-order valence-corrected chi connectivity index (χ1v) is 7.83. The molecule has 0 spiro atoms. The largest absolute Gasteiger partial charge is 0.373 e. The van der Waals surface area contributed by atoms with E-state index >= 15 is 0 Å². The van der Waals surface area contributed by atoms with Crippen molar-refractivity contribution in [2.45, 2.75) is 33.4 Å². The van der Waals surface area contributed by atoms with Gasteiger partial charge in [0.05, 0.1) is 0 Å². The molecule has 0 amide bonds. The summed E-state index contributed by atoms with van der Waals surface area (Å²) in [6.45, 7) is 8.33. The SMILES string of the molecule is CSCCN(C)c1cc(C)ncc1CNC(C)C. The molecule has 0 aliphatic rings. The Morgan fingerprint density at radius 2 is 2.17 bits per heavy atom. The molecule has 102 valence electrons. The van der Waals surface area contributed by atoms with Crippen LogP contribution in [-0.4, -0.2) is 36.6 Å². The van der Waals surface area contributed by atoms with E-state index in [1.54, 1.807) is 0 Å². The molecule has 0 aliphatic heterocycles. The van der Waals surface area contributed by atoms with Crippen molar-refractivity contribution in [3.63, 3.8) is 0 Å². The maximum absolute atomic E-state index is 4.41. The van der Waals surface area contributed by atoms with E-state index in [1.165, 1.54) is 11.3 Å². The van der Waals surface area contributed by atoms with Crippen LogP contribution in [0.2, 0.25) is 0 Å². The third-order valence-corrected chi connectivity index (χ3v) is 3.43. The van der Waals surface area contributed by atoms with Gasteiger partial charge in [0.15, 0.2) is 0 Å². The van der Waals surface area contributed by atoms with Gasteiger partial charge in [0.2, 0.25) is 0 Å². The van der Waals surface area contributed by atoms with Crippen molar-refractivity contribution in [1.82, 2.24) is 10.3 Å². The van der Waals surface area contributed by atoms with E-state index in [4.69, 9.17) is 0 Å². The third-order valence-electron chi connectivity index (χ3n) is 2.84. The average molecular weight is 267 g/mol. The molecule has 0 aliphatic carbocycles. The van der Waals surface area contributed by atoms with Gasteiger partial charge in [0.1, 0.15) is 0 Å². The second kappa shape index (κ2) is 7.64. The lowest BCUT2D eigenvalue weighted by atomic mass is 10.2. The fraction of sp³-hybridized carbons (Fsp3) is 0.643. The first-order chi connectivity index (χ1) is 8.54. The first-order valence-electron chi connectivity index (χ1n) is 6.43. The number of pyridine rings is 1. The number of aromatic nitrogens is 1. The highest BCUT2D eigenvalue weighted by Crippen LogP contribution is 2.20. The van der Waals surface area contributed by atoms with Crippen LogP contribution in [-0.2, 0) is 6.54 Å². The Hall–Kier alpha value is -0.740. The van der Waals surface area contributed by atoms with Crippen LogP contribution in [0.4, 0.5) is 5.69 Å². The van der Waals surface area contributed by atoms with E-state index in [2.05, 4.69) is 48.4 Å². The number of nitrogens with zero attached hydrogens (tertiary/aromatic N) is 2. The van der Waals surface area contributed by atoms with Crippen molar-refractivity contribution in [2.24, 2.45) is 0 Å². The predicted octanol–water partition coefficient (Wildman–Crippen LogP) is 2.69. The molecule has 1 heterocycles. The molecule has 0 bridgehead atoms. The van der Waals surface area contributed by atoms with Crippen LogP contribution in [0.3, 0.4) is 0 Å². The Morgan fingerprint density at radius 1 is 1.44 bits per heavy atom. The van der Waals surface area contributed by atoms with Gasteiger partial charge in [-0.1, -0.05) is 13.8 Å². The average Bonchev–Trinajstić information content (AvgIpc) is 2.34. The van der Waals surface area contributed by atoms with E-state index in [0.717, 1.165) is 24.5 Å². The predicted molar refractivity (Wildman–Crippen MR) is 82.6 cm³/mol. The summed E-state index contributed by atoms with van der Waals surface area (Å²) in [5, 5.41) is 3.46. The second-order valence-electron chi connectivity index (χ2n) is 4.90. The summed E-state index contributed by atoms with van der Waals surface area (Å²) in [4.78, 5) is 6.73. The first kappa shape index (κ1) is 15.3. The van der Waals surface area contributed by atoms with Gasteiger partial charge in [-0.25, -0.2) is 0 Å². The molecule has 1 aromatic rings. The van der Waals surface area contributed by atoms with E-state index in [1.807, 2.05) is 24.9 Å². The van der Waals surface area contributed by atoms with E-state index in [0.29, 0.717) is 6.04 Å². The summed E-state index contributed by atoms with van der Waals surface area (Å²) in [5.41, 5.74) is 3.65. The number of hydrogen-bond donors (Lipinski definition) is 1. The zero-order valence-electron chi connectivity index (χ0n) is 12.2. The zero-order valence-corrected chi connectivity index (χ0v) is 13.0. The zero-order chi connectivity index (χ0) is 13.5. The van der Waals surface area contributed by atoms with Gasteiger partial charge < -0.3 is 10.2 Å². The molecule has 0 saturated heterocycles.